The lowest BCUT2D eigenvalue weighted by molar-refractivity contribution is 0.242. The number of guanidine groups is 1. The molecule has 144 valence electrons. The maximum atomic E-state index is 4.46. The second-order valence-corrected chi connectivity index (χ2v) is 7.62. The maximum Gasteiger partial charge on any atom is 0.191 e. The standard InChI is InChI=1S/C21H30N6/c1-22-21(25-18-11-12-26(16-18)19-7-5-6-8-19)23-13-17-14-24-27(15-17)20-9-3-2-4-10-20/h2-4,9-10,14-15,18-19H,5-8,11-13,16H2,1H3,(H2,22,23,25). The van der Waals surface area contributed by atoms with Crippen molar-refractivity contribution < 1.29 is 0 Å². The number of para-hydroxylation sites is 1. The van der Waals surface area contributed by atoms with Crippen LogP contribution in [0.4, 0.5) is 0 Å². The third-order valence-electron chi connectivity index (χ3n) is 5.74. The van der Waals surface area contributed by atoms with E-state index >= 15 is 0 Å². The van der Waals surface area contributed by atoms with Crippen molar-refractivity contribution in [3.05, 3.63) is 48.3 Å². The van der Waals surface area contributed by atoms with Crippen LogP contribution in [-0.4, -0.2) is 52.9 Å². The van der Waals surface area contributed by atoms with Crippen molar-refractivity contribution in [2.45, 2.75) is 50.7 Å². The smallest absolute Gasteiger partial charge is 0.191 e. The van der Waals surface area contributed by atoms with E-state index in [1.807, 2.05) is 36.1 Å². The summed E-state index contributed by atoms with van der Waals surface area (Å²) in [7, 11) is 1.84. The van der Waals surface area contributed by atoms with Crippen molar-refractivity contribution in [1.29, 1.82) is 0 Å². The normalized spacial score (nSPS) is 21.7. The highest BCUT2D eigenvalue weighted by atomic mass is 15.3. The average Bonchev–Trinajstić information content (AvgIpc) is 3.47. The first kappa shape index (κ1) is 18.0. The van der Waals surface area contributed by atoms with E-state index in [2.05, 4.69) is 44.0 Å². The van der Waals surface area contributed by atoms with Crippen LogP contribution in [0.15, 0.2) is 47.7 Å². The molecule has 0 bridgehead atoms. The highest BCUT2D eigenvalue weighted by molar-refractivity contribution is 5.80. The fourth-order valence-electron chi connectivity index (χ4n) is 4.25. The number of hydrogen-bond acceptors (Lipinski definition) is 3. The Morgan fingerprint density at radius 2 is 2.00 bits per heavy atom. The van der Waals surface area contributed by atoms with E-state index in [-0.39, 0.29) is 0 Å². The van der Waals surface area contributed by atoms with Gasteiger partial charge in [0.25, 0.3) is 0 Å². The van der Waals surface area contributed by atoms with Crippen molar-refractivity contribution in [1.82, 2.24) is 25.3 Å². The van der Waals surface area contributed by atoms with Crippen molar-refractivity contribution in [2.75, 3.05) is 20.1 Å². The summed E-state index contributed by atoms with van der Waals surface area (Å²) in [5.74, 6) is 0.876. The van der Waals surface area contributed by atoms with Gasteiger partial charge in [0.2, 0.25) is 0 Å². The van der Waals surface area contributed by atoms with Gasteiger partial charge in [0.05, 0.1) is 11.9 Å². The average molecular weight is 367 g/mol. The SMILES string of the molecule is CN=C(NCc1cnn(-c2ccccc2)c1)NC1CCN(C2CCCC2)C1. The molecule has 6 nitrogen and oxygen atoms in total. The van der Waals surface area contributed by atoms with Gasteiger partial charge in [0.1, 0.15) is 0 Å². The van der Waals surface area contributed by atoms with E-state index in [0.717, 1.165) is 29.8 Å². The Bertz CT molecular complexity index is 747. The summed E-state index contributed by atoms with van der Waals surface area (Å²) in [4.78, 5) is 7.07. The quantitative estimate of drug-likeness (QED) is 0.631. The molecule has 1 aliphatic carbocycles. The number of hydrogen-bond donors (Lipinski definition) is 2. The molecule has 0 radical (unpaired) electrons. The minimum absolute atomic E-state index is 0.490. The zero-order valence-corrected chi connectivity index (χ0v) is 16.1. The Kier molecular flexibility index (Phi) is 5.72. The first-order valence-corrected chi connectivity index (χ1v) is 10.1. The fraction of sp³-hybridized carbons (Fsp3) is 0.524. The lowest BCUT2D eigenvalue weighted by atomic mass is 10.2. The van der Waals surface area contributed by atoms with Gasteiger partial charge in [-0.1, -0.05) is 31.0 Å². The molecule has 27 heavy (non-hydrogen) atoms. The molecule has 1 saturated carbocycles. The topological polar surface area (TPSA) is 57.5 Å². The summed E-state index contributed by atoms with van der Waals surface area (Å²) < 4.78 is 1.91. The molecular formula is C21H30N6. The summed E-state index contributed by atoms with van der Waals surface area (Å²) in [6.45, 7) is 3.06. The highest BCUT2D eigenvalue weighted by Crippen LogP contribution is 2.26. The first-order chi connectivity index (χ1) is 13.3. The lowest BCUT2D eigenvalue weighted by Gasteiger charge is -2.24. The molecule has 2 aromatic rings. The summed E-state index contributed by atoms with van der Waals surface area (Å²) in [5.41, 5.74) is 2.21. The number of nitrogens with zero attached hydrogens (tertiary/aromatic N) is 4. The van der Waals surface area contributed by atoms with Crippen LogP contribution in [0.2, 0.25) is 0 Å². The predicted octanol–water partition coefficient (Wildman–Crippen LogP) is 2.55. The van der Waals surface area contributed by atoms with Crippen LogP contribution < -0.4 is 10.6 Å². The third kappa shape index (κ3) is 4.50. The van der Waals surface area contributed by atoms with Gasteiger partial charge < -0.3 is 10.6 Å². The summed E-state index contributed by atoms with van der Waals surface area (Å²) in [6.07, 6.45) is 10.7. The summed E-state index contributed by atoms with van der Waals surface area (Å²) >= 11 is 0. The Balaban J connectivity index is 1.27. The van der Waals surface area contributed by atoms with Crippen LogP contribution in [-0.2, 0) is 6.54 Å². The largest absolute Gasteiger partial charge is 0.352 e. The Labute approximate surface area is 161 Å². The van der Waals surface area contributed by atoms with Crippen LogP contribution in [0.5, 0.6) is 0 Å². The van der Waals surface area contributed by atoms with Gasteiger partial charge in [-0.25, -0.2) is 4.68 Å². The van der Waals surface area contributed by atoms with Crippen molar-refractivity contribution in [2.24, 2.45) is 4.99 Å². The summed E-state index contributed by atoms with van der Waals surface area (Å²) in [6, 6.07) is 11.5. The van der Waals surface area contributed by atoms with E-state index < -0.39 is 0 Å². The number of aromatic nitrogens is 2. The van der Waals surface area contributed by atoms with Gasteiger partial charge in [-0.3, -0.25) is 9.89 Å². The van der Waals surface area contributed by atoms with Crippen LogP contribution >= 0.6 is 0 Å². The van der Waals surface area contributed by atoms with Crippen LogP contribution in [0.1, 0.15) is 37.7 Å². The van der Waals surface area contributed by atoms with Crippen LogP contribution in [0.3, 0.4) is 0 Å². The van der Waals surface area contributed by atoms with Gasteiger partial charge in [0, 0.05) is 50.5 Å². The van der Waals surface area contributed by atoms with Crippen LogP contribution in [0.25, 0.3) is 5.69 Å². The van der Waals surface area contributed by atoms with E-state index in [1.165, 1.54) is 38.6 Å². The minimum Gasteiger partial charge on any atom is -0.352 e. The van der Waals surface area contributed by atoms with Crippen molar-refractivity contribution in [3.8, 4) is 5.69 Å². The molecule has 2 aliphatic rings. The molecule has 4 rings (SSSR count). The Morgan fingerprint density at radius 3 is 2.78 bits per heavy atom. The van der Waals surface area contributed by atoms with Crippen LogP contribution in [0, 0.1) is 0 Å². The number of nitrogens with one attached hydrogen (secondary N) is 2. The number of rotatable bonds is 5. The molecule has 0 amide bonds. The van der Waals surface area contributed by atoms with Crippen molar-refractivity contribution >= 4 is 5.96 Å². The molecule has 1 saturated heterocycles. The zero-order chi connectivity index (χ0) is 18.5. The lowest BCUT2D eigenvalue weighted by Crippen LogP contribution is -2.45. The van der Waals surface area contributed by atoms with E-state index in [1.54, 1.807) is 0 Å². The predicted molar refractivity (Wildman–Crippen MR) is 109 cm³/mol. The second-order valence-electron chi connectivity index (χ2n) is 7.62. The van der Waals surface area contributed by atoms with E-state index in [4.69, 9.17) is 0 Å². The molecule has 1 aromatic carbocycles. The highest BCUT2D eigenvalue weighted by Gasteiger charge is 2.30. The molecule has 1 unspecified atom stereocenters. The van der Waals surface area contributed by atoms with Gasteiger partial charge >= 0.3 is 0 Å². The third-order valence-corrected chi connectivity index (χ3v) is 5.74. The van der Waals surface area contributed by atoms with E-state index in [9.17, 15) is 0 Å². The monoisotopic (exact) mass is 366 g/mol. The second kappa shape index (κ2) is 8.57. The van der Waals surface area contributed by atoms with Gasteiger partial charge in [-0.15, -0.1) is 0 Å². The number of likely N-dealkylation sites (tertiary alicyclic amines) is 1. The van der Waals surface area contributed by atoms with Gasteiger partial charge in [-0.05, 0) is 31.4 Å². The molecular weight excluding hydrogens is 336 g/mol. The first-order valence-electron chi connectivity index (χ1n) is 10.1. The molecule has 0 spiro atoms. The molecule has 2 fully saturated rings. The van der Waals surface area contributed by atoms with Gasteiger partial charge in [-0.2, -0.15) is 5.10 Å². The number of aliphatic imine (C=N–C) groups is 1. The molecule has 6 heteroatoms. The van der Waals surface area contributed by atoms with E-state index in [0.29, 0.717) is 12.6 Å². The molecule has 2 N–H and O–H groups in total. The van der Waals surface area contributed by atoms with Crippen molar-refractivity contribution in [3.63, 3.8) is 0 Å². The number of benzene rings is 1. The van der Waals surface area contributed by atoms with Gasteiger partial charge in [0.15, 0.2) is 5.96 Å². The molecule has 1 atom stereocenters. The fourth-order valence-corrected chi connectivity index (χ4v) is 4.25. The molecule has 2 heterocycles. The minimum atomic E-state index is 0.490. The zero-order valence-electron chi connectivity index (χ0n) is 16.1. The molecule has 1 aliphatic heterocycles. The Morgan fingerprint density at radius 1 is 1.19 bits per heavy atom. The maximum absolute atomic E-state index is 4.46. The summed E-state index contributed by atoms with van der Waals surface area (Å²) in [5, 5.41) is 11.5. The molecule has 1 aromatic heterocycles. The Hall–Kier alpha value is -2.34.